The zero-order chi connectivity index (χ0) is 24.6. The largest absolute Gasteiger partial charge is 0.494 e. The third-order valence-corrected chi connectivity index (χ3v) is 9.97. The van der Waals surface area contributed by atoms with Crippen LogP contribution in [0.2, 0.25) is 0 Å². The lowest BCUT2D eigenvalue weighted by Crippen LogP contribution is -2.48. The molecular weight excluding hydrogens is 484 g/mol. The van der Waals surface area contributed by atoms with Crippen LogP contribution in [0, 0.1) is 6.92 Å². The van der Waals surface area contributed by atoms with Gasteiger partial charge >= 0.3 is 0 Å². The molecule has 5 rings (SSSR count). The van der Waals surface area contributed by atoms with Crippen LogP contribution in [0.1, 0.15) is 35.2 Å². The molecule has 0 unspecified atom stereocenters. The monoisotopic (exact) mass is 514 g/mol. The number of methoxy groups -OCH3 is 1. The molecule has 3 aromatic rings. The van der Waals surface area contributed by atoms with Crippen LogP contribution in [0.3, 0.4) is 0 Å². The van der Waals surface area contributed by atoms with Crippen LogP contribution in [0.25, 0.3) is 10.2 Å². The molecule has 0 saturated carbocycles. The van der Waals surface area contributed by atoms with Crippen molar-refractivity contribution in [3.05, 3.63) is 47.5 Å². The Kier molecular flexibility index (Phi) is 6.69. The molecule has 2 fully saturated rings. The average Bonchev–Trinajstić information content (AvgIpc) is 3.36. The number of carbonyl (C=O) groups excluding carboxylic acids is 1. The summed E-state index contributed by atoms with van der Waals surface area (Å²) in [5, 5.41) is 0.937. The molecule has 8 nitrogen and oxygen atoms in total. The van der Waals surface area contributed by atoms with Crippen molar-refractivity contribution in [3.63, 3.8) is 0 Å². The number of rotatable bonds is 5. The summed E-state index contributed by atoms with van der Waals surface area (Å²) in [7, 11) is -1.84. The highest BCUT2D eigenvalue weighted by Gasteiger charge is 2.28. The third kappa shape index (κ3) is 4.62. The molecule has 0 N–H and O–H groups in total. The Labute approximate surface area is 210 Å². The van der Waals surface area contributed by atoms with Crippen LogP contribution in [0.5, 0.6) is 5.75 Å². The van der Waals surface area contributed by atoms with Crippen molar-refractivity contribution in [1.82, 2.24) is 14.2 Å². The predicted octanol–water partition coefficient (Wildman–Crippen LogP) is 3.75. The molecule has 2 aliphatic rings. The summed E-state index contributed by atoms with van der Waals surface area (Å²) >= 11 is 1.65. The van der Waals surface area contributed by atoms with Gasteiger partial charge in [-0.3, -0.25) is 4.79 Å². The van der Waals surface area contributed by atoms with E-state index in [9.17, 15) is 13.2 Å². The number of fused-ring (bicyclic) bond motifs is 1. The standard InChI is InChI=1S/C25H30N4O4S2/c1-18-6-11-21(33-2)22-23(18)34-25(26-22)28-16-14-27(15-17-28)24(30)19-7-9-20(10-8-19)35(31,32)29-12-4-3-5-13-29/h6-11H,3-5,12-17H2,1-2H3. The maximum absolute atomic E-state index is 13.1. The lowest BCUT2D eigenvalue weighted by Gasteiger charge is -2.34. The zero-order valence-corrected chi connectivity index (χ0v) is 21.7. The fraction of sp³-hybridized carbons (Fsp3) is 0.440. The molecule has 2 saturated heterocycles. The van der Waals surface area contributed by atoms with Crippen molar-refractivity contribution in [1.29, 1.82) is 0 Å². The molecule has 0 spiro atoms. The highest BCUT2D eigenvalue weighted by atomic mass is 32.2. The van der Waals surface area contributed by atoms with Gasteiger partial charge in [0.1, 0.15) is 11.3 Å². The fourth-order valence-electron chi connectivity index (χ4n) is 4.71. The summed E-state index contributed by atoms with van der Waals surface area (Å²) in [5.41, 5.74) is 2.56. The van der Waals surface area contributed by atoms with E-state index in [4.69, 9.17) is 9.72 Å². The van der Waals surface area contributed by atoms with Crippen LogP contribution >= 0.6 is 11.3 Å². The topological polar surface area (TPSA) is 83.0 Å². The zero-order valence-electron chi connectivity index (χ0n) is 20.1. The van der Waals surface area contributed by atoms with E-state index in [2.05, 4.69) is 11.8 Å². The number of piperazine rings is 1. The van der Waals surface area contributed by atoms with E-state index in [1.54, 1.807) is 47.0 Å². The maximum atomic E-state index is 13.1. The number of anilines is 1. The number of aryl methyl sites for hydroxylation is 1. The molecule has 1 amide bonds. The summed E-state index contributed by atoms with van der Waals surface area (Å²) in [6.07, 6.45) is 2.86. The summed E-state index contributed by atoms with van der Waals surface area (Å²) in [5.74, 6) is 0.695. The molecule has 0 atom stereocenters. The van der Waals surface area contributed by atoms with Gasteiger partial charge < -0.3 is 14.5 Å². The maximum Gasteiger partial charge on any atom is 0.253 e. The summed E-state index contributed by atoms with van der Waals surface area (Å²) in [4.78, 5) is 22.2. The number of benzene rings is 2. The SMILES string of the molecule is COc1ccc(C)c2sc(N3CCN(C(=O)c4ccc(S(=O)(=O)N5CCCCC5)cc4)CC3)nc12. The smallest absolute Gasteiger partial charge is 0.253 e. The number of aromatic nitrogens is 1. The first-order valence-corrected chi connectivity index (χ1v) is 14.2. The van der Waals surface area contributed by atoms with Crippen LogP contribution in [0.15, 0.2) is 41.3 Å². The molecule has 3 heterocycles. The van der Waals surface area contributed by atoms with Crippen molar-refractivity contribution in [3.8, 4) is 5.75 Å². The molecule has 1 aromatic heterocycles. The number of hydrogen-bond donors (Lipinski definition) is 0. The van der Waals surface area contributed by atoms with Gasteiger partial charge in [-0.2, -0.15) is 4.31 Å². The van der Waals surface area contributed by atoms with Crippen LogP contribution in [-0.4, -0.2) is 74.9 Å². The van der Waals surface area contributed by atoms with E-state index in [1.165, 1.54) is 5.56 Å². The fourth-order valence-corrected chi connectivity index (χ4v) is 7.33. The second kappa shape index (κ2) is 9.75. The normalized spacial score (nSPS) is 17.7. The molecule has 2 aromatic carbocycles. The Hall–Kier alpha value is -2.69. The number of piperidine rings is 1. The molecule has 186 valence electrons. The Bertz CT molecular complexity index is 1320. The van der Waals surface area contributed by atoms with E-state index in [0.29, 0.717) is 44.8 Å². The van der Waals surface area contributed by atoms with E-state index >= 15 is 0 Å². The summed E-state index contributed by atoms with van der Waals surface area (Å²) in [6.45, 7) is 5.74. The molecule has 10 heteroatoms. The second-order valence-corrected chi connectivity index (χ2v) is 11.9. The van der Waals surface area contributed by atoms with E-state index < -0.39 is 10.0 Å². The summed E-state index contributed by atoms with van der Waals surface area (Å²) in [6, 6.07) is 10.4. The van der Waals surface area contributed by atoms with Crippen LogP contribution < -0.4 is 9.64 Å². The van der Waals surface area contributed by atoms with Crippen molar-refractivity contribution in [2.24, 2.45) is 0 Å². The van der Waals surface area contributed by atoms with Crippen molar-refractivity contribution in [2.45, 2.75) is 31.1 Å². The first-order chi connectivity index (χ1) is 16.9. The minimum absolute atomic E-state index is 0.0756. The van der Waals surface area contributed by atoms with Gasteiger partial charge in [0.25, 0.3) is 5.91 Å². The van der Waals surface area contributed by atoms with Gasteiger partial charge in [0, 0.05) is 44.8 Å². The minimum atomic E-state index is -3.50. The van der Waals surface area contributed by atoms with Gasteiger partial charge in [-0.1, -0.05) is 23.8 Å². The quantitative estimate of drug-likeness (QED) is 0.516. The van der Waals surface area contributed by atoms with Crippen molar-refractivity contribution < 1.29 is 17.9 Å². The highest BCUT2D eigenvalue weighted by molar-refractivity contribution is 7.89. The Balaban J connectivity index is 1.25. The summed E-state index contributed by atoms with van der Waals surface area (Å²) < 4.78 is 33.9. The number of amides is 1. The van der Waals surface area contributed by atoms with Gasteiger partial charge in [0.05, 0.1) is 16.7 Å². The first-order valence-electron chi connectivity index (χ1n) is 12.0. The van der Waals surface area contributed by atoms with Gasteiger partial charge in [0.2, 0.25) is 10.0 Å². The number of hydrogen-bond acceptors (Lipinski definition) is 7. The van der Waals surface area contributed by atoms with Gasteiger partial charge in [-0.25, -0.2) is 13.4 Å². The van der Waals surface area contributed by atoms with E-state index in [-0.39, 0.29) is 10.8 Å². The number of nitrogens with zero attached hydrogens (tertiary/aromatic N) is 4. The molecular formula is C25H30N4O4S2. The number of thiazole rings is 1. The minimum Gasteiger partial charge on any atom is -0.494 e. The number of sulfonamides is 1. The highest BCUT2D eigenvalue weighted by Crippen LogP contribution is 2.36. The second-order valence-electron chi connectivity index (χ2n) is 9.03. The third-order valence-electron chi connectivity index (χ3n) is 6.80. The molecule has 0 radical (unpaired) electrons. The van der Waals surface area contributed by atoms with Gasteiger partial charge in [-0.15, -0.1) is 0 Å². The Morgan fingerprint density at radius 1 is 0.943 bits per heavy atom. The number of ether oxygens (including phenoxy) is 1. The predicted molar refractivity (Wildman–Crippen MR) is 138 cm³/mol. The lowest BCUT2D eigenvalue weighted by molar-refractivity contribution is 0.0746. The molecule has 35 heavy (non-hydrogen) atoms. The number of carbonyl (C=O) groups is 1. The van der Waals surface area contributed by atoms with Crippen LogP contribution in [-0.2, 0) is 10.0 Å². The molecule has 0 aliphatic carbocycles. The average molecular weight is 515 g/mol. The molecule has 2 aliphatic heterocycles. The van der Waals surface area contributed by atoms with E-state index in [0.717, 1.165) is 40.4 Å². The van der Waals surface area contributed by atoms with Gasteiger partial charge in [0.15, 0.2) is 5.13 Å². The first kappa shape index (κ1) is 24.0. The molecule has 0 bridgehead atoms. The van der Waals surface area contributed by atoms with Crippen molar-refractivity contribution >= 4 is 42.6 Å². The van der Waals surface area contributed by atoms with Crippen molar-refractivity contribution in [2.75, 3.05) is 51.3 Å². The Morgan fingerprint density at radius 2 is 1.63 bits per heavy atom. The van der Waals surface area contributed by atoms with Crippen LogP contribution in [0.4, 0.5) is 5.13 Å². The lowest BCUT2D eigenvalue weighted by atomic mass is 10.2. The van der Waals surface area contributed by atoms with E-state index in [1.807, 2.05) is 17.0 Å². The Morgan fingerprint density at radius 3 is 2.29 bits per heavy atom. The van der Waals surface area contributed by atoms with Gasteiger partial charge in [-0.05, 0) is 55.7 Å².